The molecule has 0 amide bonds. The van der Waals surface area contributed by atoms with Crippen molar-refractivity contribution in [3.8, 4) is 0 Å². The largest absolute Gasteiger partial charge is 0.317 e. The van der Waals surface area contributed by atoms with Crippen molar-refractivity contribution in [1.29, 1.82) is 0 Å². The van der Waals surface area contributed by atoms with Crippen LogP contribution in [-0.2, 0) is 0 Å². The Morgan fingerprint density at radius 3 is 1.36 bits per heavy atom. The van der Waals surface area contributed by atoms with Crippen LogP contribution in [0.1, 0.15) is 47.5 Å². The van der Waals surface area contributed by atoms with Crippen LogP contribution in [0.4, 0.5) is 0 Å². The van der Waals surface area contributed by atoms with Crippen LogP contribution in [0.3, 0.4) is 0 Å². The van der Waals surface area contributed by atoms with Gasteiger partial charge in [-0.2, -0.15) is 0 Å². The molecule has 0 rings (SSSR count). The number of hydrogen-bond donors (Lipinski definition) is 1. The fourth-order valence-corrected chi connectivity index (χ4v) is 0.333. The first-order chi connectivity index (χ1) is 5.09. The van der Waals surface area contributed by atoms with Crippen molar-refractivity contribution < 1.29 is 0 Å². The van der Waals surface area contributed by atoms with Gasteiger partial charge in [-0.15, -0.1) is 0 Å². The molecule has 0 bridgehead atoms. The third kappa shape index (κ3) is 13.0. The van der Waals surface area contributed by atoms with Crippen LogP contribution < -0.4 is 5.32 Å². The Labute approximate surface area is 72.6 Å². The molecule has 0 aromatic carbocycles. The third-order valence-corrected chi connectivity index (χ3v) is 1.96. The van der Waals surface area contributed by atoms with Crippen LogP contribution in [0.25, 0.3) is 0 Å². The Hall–Kier alpha value is -0.0400. The van der Waals surface area contributed by atoms with E-state index in [1.807, 2.05) is 7.05 Å². The first kappa shape index (κ1) is 13.5. The Bertz CT molecular complexity index is 57.9. The van der Waals surface area contributed by atoms with E-state index in [2.05, 4.69) is 39.9 Å². The molecule has 0 aromatic heterocycles. The van der Waals surface area contributed by atoms with Crippen molar-refractivity contribution in [2.75, 3.05) is 7.05 Å². The monoisotopic (exact) mass is 159 g/mol. The van der Waals surface area contributed by atoms with Gasteiger partial charge in [-0.05, 0) is 19.9 Å². The van der Waals surface area contributed by atoms with Gasteiger partial charge in [0.2, 0.25) is 0 Å². The Balaban J connectivity index is 0. The summed E-state index contributed by atoms with van der Waals surface area (Å²) in [7, 11) is 1.99. The molecule has 1 unspecified atom stereocenters. The van der Waals surface area contributed by atoms with E-state index < -0.39 is 0 Å². The smallest absolute Gasteiger partial charge is 0.00587 e. The lowest BCUT2D eigenvalue weighted by molar-refractivity contribution is 0.459. The molecule has 0 saturated carbocycles. The predicted molar refractivity (Wildman–Crippen MR) is 53.9 cm³/mol. The van der Waals surface area contributed by atoms with Crippen molar-refractivity contribution in [1.82, 2.24) is 5.32 Å². The Kier molecular flexibility index (Phi) is 12.3. The van der Waals surface area contributed by atoms with Crippen molar-refractivity contribution >= 4 is 0 Å². The predicted octanol–water partition coefficient (Wildman–Crippen LogP) is 3.06. The summed E-state index contributed by atoms with van der Waals surface area (Å²) in [6.07, 6.45) is 2.64. The molecule has 0 fully saturated rings. The molecule has 1 heteroatoms. The summed E-state index contributed by atoms with van der Waals surface area (Å²) < 4.78 is 0. The highest BCUT2D eigenvalue weighted by Crippen LogP contribution is 1.96. The van der Waals surface area contributed by atoms with E-state index in [4.69, 9.17) is 0 Å². The molecule has 1 atom stereocenters. The maximum Gasteiger partial charge on any atom is 0.00587 e. The van der Waals surface area contributed by atoms with E-state index in [0.717, 1.165) is 5.92 Å². The van der Waals surface area contributed by atoms with Crippen LogP contribution in [0.2, 0.25) is 0 Å². The molecule has 11 heavy (non-hydrogen) atoms. The zero-order valence-corrected chi connectivity index (χ0v) is 9.07. The minimum absolute atomic E-state index is 0.653. The van der Waals surface area contributed by atoms with Crippen LogP contribution in [0, 0.1) is 5.92 Å². The van der Waals surface area contributed by atoms with Gasteiger partial charge in [-0.1, -0.05) is 40.5 Å². The van der Waals surface area contributed by atoms with Gasteiger partial charge in [0.05, 0.1) is 0 Å². The van der Waals surface area contributed by atoms with Crippen molar-refractivity contribution in [2.45, 2.75) is 53.5 Å². The molecule has 0 aliphatic heterocycles. The second kappa shape index (κ2) is 9.96. The van der Waals surface area contributed by atoms with Crippen LogP contribution in [0.15, 0.2) is 0 Å². The van der Waals surface area contributed by atoms with Gasteiger partial charge in [-0.3, -0.25) is 0 Å². The van der Waals surface area contributed by atoms with E-state index in [0.29, 0.717) is 6.04 Å². The fourth-order valence-electron chi connectivity index (χ4n) is 0.333. The van der Waals surface area contributed by atoms with Gasteiger partial charge < -0.3 is 5.32 Å². The van der Waals surface area contributed by atoms with E-state index in [9.17, 15) is 0 Å². The second-order valence-electron chi connectivity index (χ2n) is 3.32. The maximum absolute atomic E-state index is 3.16. The molecule has 1 nitrogen and oxygen atoms in total. The fraction of sp³-hybridized carbons (Fsp3) is 1.00. The number of unbranched alkanes of at least 4 members (excludes halogenated alkanes) is 1. The van der Waals surface area contributed by atoms with E-state index in [1.165, 1.54) is 12.8 Å². The highest BCUT2D eigenvalue weighted by atomic mass is 14.9. The quantitative estimate of drug-likeness (QED) is 0.667. The van der Waals surface area contributed by atoms with Gasteiger partial charge >= 0.3 is 0 Å². The summed E-state index contributed by atoms with van der Waals surface area (Å²) in [5.74, 6) is 0.755. The molecule has 0 spiro atoms. The van der Waals surface area contributed by atoms with Crippen molar-refractivity contribution in [3.63, 3.8) is 0 Å². The molecular formula is C10H25N. The Morgan fingerprint density at radius 2 is 1.36 bits per heavy atom. The SMILES string of the molecule is CCCC.CNC(C)C(C)C. The minimum Gasteiger partial charge on any atom is -0.317 e. The van der Waals surface area contributed by atoms with Crippen molar-refractivity contribution in [2.24, 2.45) is 5.92 Å². The summed E-state index contributed by atoms with van der Waals surface area (Å²) in [6.45, 7) is 11.0. The van der Waals surface area contributed by atoms with E-state index >= 15 is 0 Å². The second-order valence-corrected chi connectivity index (χ2v) is 3.32. The average Bonchev–Trinajstić information content (AvgIpc) is 2.03. The van der Waals surface area contributed by atoms with Gasteiger partial charge in [0.25, 0.3) is 0 Å². The first-order valence-corrected chi connectivity index (χ1v) is 4.77. The normalized spacial score (nSPS) is 12.3. The van der Waals surface area contributed by atoms with E-state index in [1.54, 1.807) is 0 Å². The lowest BCUT2D eigenvalue weighted by Crippen LogP contribution is -2.26. The molecule has 70 valence electrons. The lowest BCUT2D eigenvalue weighted by Gasteiger charge is -2.12. The average molecular weight is 159 g/mol. The molecule has 0 saturated heterocycles. The maximum atomic E-state index is 3.16. The highest BCUT2D eigenvalue weighted by molar-refractivity contribution is 4.59. The molecule has 0 aliphatic carbocycles. The van der Waals surface area contributed by atoms with Crippen LogP contribution in [0.5, 0.6) is 0 Å². The third-order valence-electron chi connectivity index (χ3n) is 1.96. The molecule has 0 aromatic rings. The van der Waals surface area contributed by atoms with E-state index in [-0.39, 0.29) is 0 Å². The first-order valence-electron chi connectivity index (χ1n) is 4.77. The Morgan fingerprint density at radius 1 is 1.00 bits per heavy atom. The van der Waals surface area contributed by atoms with Gasteiger partial charge in [-0.25, -0.2) is 0 Å². The summed E-state index contributed by atoms with van der Waals surface area (Å²) in [4.78, 5) is 0. The van der Waals surface area contributed by atoms with Gasteiger partial charge in [0, 0.05) is 6.04 Å². The summed E-state index contributed by atoms with van der Waals surface area (Å²) in [5.41, 5.74) is 0. The standard InChI is InChI=1S/C6H15N.C4H10/c1-5(2)6(3)7-4;1-3-4-2/h5-7H,1-4H3;3-4H2,1-2H3. The van der Waals surface area contributed by atoms with Gasteiger partial charge in [0.15, 0.2) is 0 Å². The molecule has 0 heterocycles. The summed E-state index contributed by atoms with van der Waals surface area (Å²) in [6, 6.07) is 0.653. The lowest BCUT2D eigenvalue weighted by atomic mass is 10.1. The minimum atomic E-state index is 0.653. The topological polar surface area (TPSA) is 12.0 Å². The van der Waals surface area contributed by atoms with Crippen molar-refractivity contribution in [3.05, 3.63) is 0 Å². The van der Waals surface area contributed by atoms with Gasteiger partial charge in [0.1, 0.15) is 0 Å². The zero-order chi connectivity index (χ0) is 9.28. The summed E-state index contributed by atoms with van der Waals surface area (Å²) in [5, 5.41) is 3.16. The number of rotatable bonds is 3. The molecule has 0 aliphatic rings. The van der Waals surface area contributed by atoms with Crippen LogP contribution in [-0.4, -0.2) is 13.1 Å². The molecule has 1 N–H and O–H groups in total. The zero-order valence-electron chi connectivity index (χ0n) is 9.07. The molecule has 0 radical (unpaired) electrons. The van der Waals surface area contributed by atoms with Crippen LogP contribution >= 0.6 is 0 Å². The highest BCUT2D eigenvalue weighted by Gasteiger charge is 2.00. The number of nitrogens with one attached hydrogen (secondary N) is 1. The summed E-state index contributed by atoms with van der Waals surface area (Å²) >= 11 is 0. The molecular weight excluding hydrogens is 134 g/mol. The number of hydrogen-bond acceptors (Lipinski definition) is 1.